The number of rotatable bonds is 7. The van der Waals surface area contributed by atoms with Crippen LogP contribution in [-0.4, -0.2) is 48.3 Å². The van der Waals surface area contributed by atoms with E-state index in [0.29, 0.717) is 26.1 Å². The summed E-state index contributed by atoms with van der Waals surface area (Å²) in [5.74, 6) is 0. The van der Waals surface area contributed by atoms with Gasteiger partial charge in [-0.1, -0.05) is 30.3 Å². The van der Waals surface area contributed by atoms with Crippen molar-refractivity contribution in [3.63, 3.8) is 0 Å². The number of carbonyl (C=O) groups is 2. The number of ether oxygens (including phenoxy) is 1. The van der Waals surface area contributed by atoms with E-state index in [-0.39, 0.29) is 24.2 Å². The number of alkyl carbamates (subject to hydrolysis) is 1. The standard InChI is InChI=1S/C27H35F3N4O3/c1-26(2,3)37-25(36)31-15-12-19-8-10-21(11-9-19)33-22-13-16-34(17-14-22)24(35)32-18-20-6-4-5-7-23(20)27(28,29)30/h4-11,22,33H,12-18H2,1-3H3,(H,31,36)(H,32,35). The number of benzene rings is 2. The molecule has 0 atom stereocenters. The van der Waals surface area contributed by atoms with Gasteiger partial charge in [0.2, 0.25) is 0 Å². The third kappa shape index (κ3) is 9.18. The van der Waals surface area contributed by atoms with Crippen molar-refractivity contribution >= 4 is 17.8 Å². The third-order valence-electron chi connectivity index (χ3n) is 5.94. The Bertz CT molecular complexity index is 1040. The molecule has 0 saturated carbocycles. The number of likely N-dealkylation sites (tertiary alicyclic amines) is 1. The highest BCUT2D eigenvalue weighted by Gasteiger charge is 2.33. The maximum atomic E-state index is 13.2. The summed E-state index contributed by atoms with van der Waals surface area (Å²) in [5, 5.41) is 8.84. The second kappa shape index (κ2) is 12.2. The smallest absolute Gasteiger partial charge is 0.416 e. The van der Waals surface area contributed by atoms with Crippen LogP contribution in [-0.2, 0) is 23.9 Å². The maximum Gasteiger partial charge on any atom is 0.416 e. The highest BCUT2D eigenvalue weighted by atomic mass is 19.4. The number of nitrogens with one attached hydrogen (secondary N) is 3. The lowest BCUT2D eigenvalue weighted by atomic mass is 10.0. The summed E-state index contributed by atoms with van der Waals surface area (Å²) in [7, 11) is 0. The van der Waals surface area contributed by atoms with Crippen LogP contribution in [0.1, 0.15) is 50.3 Å². The summed E-state index contributed by atoms with van der Waals surface area (Å²) >= 11 is 0. The molecule has 0 aromatic heterocycles. The van der Waals surface area contributed by atoms with Gasteiger partial charge in [-0.2, -0.15) is 13.2 Å². The molecule has 10 heteroatoms. The van der Waals surface area contributed by atoms with Crippen molar-refractivity contribution < 1.29 is 27.5 Å². The number of hydrogen-bond acceptors (Lipinski definition) is 4. The van der Waals surface area contributed by atoms with E-state index in [4.69, 9.17) is 4.74 Å². The van der Waals surface area contributed by atoms with Gasteiger partial charge in [0, 0.05) is 37.9 Å². The van der Waals surface area contributed by atoms with Crippen molar-refractivity contribution in [2.75, 3.05) is 25.0 Å². The Morgan fingerprint density at radius 2 is 1.62 bits per heavy atom. The fourth-order valence-electron chi connectivity index (χ4n) is 4.09. The minimum Gasteiger partial charge on any atom is -0.444 e. The SMILES string of the molecule is CC(C)(C)OC(=O)NCCc1ccc(NC2CCN(C(=O)NCc3ccccc3C(F)(F)F)CC2)cc1. The summed E-state index contributed by atoms with van der Waals surface area (Å²) in [6, 6.07) is 13.1. The van der Waals surface area contributed by atoms with Crippen molar-refractivity contribution in [2.45, 2.75) is 64.4 Å². The predicted molar refractivity (Wildman–Crippen MR) is 136 cm³/mol. The minimum absolute atomic E-state index is 0.0453. The fraction of sp³-hybridized carbons (Fsp3) is 0.481. The summed E-state index contributed by atoms with van der Waals surface area (Å²) in [6.45, 7) is 6.78. The molecule has 1 fully saturated rings. The van der Waals surface area contributed by atoms with E-state index in [1.54, 1.807) is 4.90 Å². The molecule has 3 amide bonds. The van der Waals surface area contributed by atoms with Crippen LogP contribution < -0.4 is 16.0 Å². The number of amides is 3. The number of urea groups is 1. The van der Waals surface area contributed by atoms with Crippen molar-refractivity contribution in [2.24, 2.45) is 0 Å². The highest BCUT2D eigenvalue weighted by molar-refractivity contribution is 5.74. The number of halogens is 3. The Balaban J connectivity index is 1.39. The molecule has 202 valence electrons. The molecule has 1 heterocycles. The van der Waals surface area contributed by atoms with E-state index in [0.717, 1.165) is 30.2 Å². The molecule has 2 aromatic carbocycles. The quantitative estimate of drug-likeness (QED) is 0.447. The lowest BCUT2D eigenvalue weighted by Gasteiger charge is -2.33. The van der Waals surface area contributed by atoms with Gasteiger partial charge in [0.25, 0.3) is 0 Å². The van der Waals surface area contributed by atoms with Crippen LogP contribution in [0.4, 0.5) is 28.4 Å². The molecular formula is C27H35F3N4O3. The summed E-state index contributed by atoms with van der Waals surface area (Å²) < 4.78 is 44.7. The zero-order valence-electron chi connectivity index (χ0n) is 21.5. The Labute approximate surface area is 215 Å². The molecule has 37 heavy (non-hydrogen) atoms. The molecular weight excluding hydrogens is 485 g/mol. The van der Waals surface area contributed by atoms with Crippen molar-refractivity contribution in [1.82, 2.24) is 15.5 Å². The van der Waals surface area contributed by atoms with Crippen LogP contribution in [0, 0.1) is 0 Å². The van der Waals surface area contributed by atoms with E-state index in [9.17, 15) is 22.8 Å². The van der Waals surface area contributed by atoms with Gasteiger partial charge >= 0.3 is 18.3 Å². The Hall–Kier alpha value is -3.43. The van der Waals surface area contributed by atoms with Gasteiger partial charge in [0.15, 0.2) is 0 Å². The number of anilines is 1. The summed E-state index contributed by atoms with van der Waals surface area (Å²) in [4.78, 5) is 25.9. The van der Waals surface area contributed by atoms with Gasteiger partial charge in [-0.15, -0.1) is 0 Å². The molecule has 1 saturated heterocycles. The van der Waals surface area contributed by atoms with E-state index < -0.39 is 23.4 Å². The van der Waals surface area contributed by atoms with Crippen LogP contribution in [0.5, 0.6) is 0 Å². The monoisotopic (exact) mass is 520 g/mol. The second-order valence-corrected chi connectivity index (χ2v) is 10.1. The van der Waals surface area contributed by atoms with Crippen molar-refractivity contribution in [3.8, 4) is 0 Å². The lowest BCUT2D eigenvalue weighted by molar-refractivity contribution is -0.138. The first kappa shape index (κ1) is 28.1. The molecule has 0 radical (unpaired) electrons. The topological polar surface area (TPSA) is 82.7 Å². The van der Waals surface area contributed by atoms with E-state index in [1.165, 1.54) is 18.2 Å². The zero-order chi connectivity index (χ0) is 27.1. The van der Waals surface area contributed by atoms with E-state index >= 15 is 0 Å². The molecule has 3 rings (SSSR count). The number of hydrogen-bond donors (Lipinski definition) is 3. The fourth-order valence-corrected chi connectivity index (χ4v) is 4.09. The Morgan fingerprint density at radius 3 is 2.24 bits per heavy atom. The van der Waals surface area contributed by atoms with Crippen LogP contribution in [0.15, 0.2) is 48.5 Å². The molecule has 1 aliphatic rings. The van der Waals surface area contributed by atoms with Crippen LogP contribution in [0.2, 0.25) is 0 Å². The maximum absolute atomic E-state index is 13.2. The largest absolute Gasteiger partial charge is 0.444 e. The average Bonchev–Trinajstić information content (AvgIpc) is 2.82. The minimum atomic E-state index is -4.46. The van der Waals surface area contributed by atoms with E-state index in [1.807, 2.05) is 45.0 Å². The Kier molecular flexibility index (Phi) is 9.29. The lowest BCUT2D eigenvalue weighted by Crippen LogP contribution is -2.46. The Morgan fingerprint density at radius 1 is 0.973 bits per heavy atom. The third-order valence-corrected chi connectivity index (χ3v) is 5.94. The van der Waals surface area contributed by atoms with Gasteiger partial charge in [-0.3, -0.25) is 0 Å². The van der Waals surface area contributed by atoms with Crippen molar-refractivity contribution in [3.05, 3.63) is 65.2 Å². The first-order valence-corrected chi connectivity index (χ1v) is 12.4. The highest BCUT2D eigenvalue weighted by Crippen LogP contribution is 2.31. The first-order chi connectivity index (χ1) is 17.4. The van der Waals surface area contributed by atoms with Gasteiger partial charge in [0.05, 0.1) is 5.56 Å². The van der Waals surface area contributed by atoms with E-state index in [2.05, 4.69) is 16.0 Å². The molecule has 0 unspecified atom stereocenters. The number of piperidine rings is 1. The molecule has 0 bridgehead atoms. The van der Waals surface area contributed by atoms with Crippen LogP contribution >= 0.6 is 0 Å². The first-order valence-electron chi connectivity index (χ1n) is 12.4. The number of carbonyl (C=O) groups excluding carboxylic acids is 2. The number of alkyl halides is 3. The number of nitrogens with zero attached hydrogens (tertiary/aromatic N) is 1. The summed E-state index contributed by atoms with van der Waals surface area (Å²) in [6.07, 6.45) is -2.75. The van der Waals surface area contributed by atoms with Gasteiger partial charge in [-0.05, 0) is 69.4 Å². The van der Waals surface area contributed by atoms with Gasteiger partial charge in [-0.25, -0.2) is 9.59 Å². The molecule has 7 nitrogen and oxygen atoms in total. The van der Waals surface area contributed by atoms with Crippen LogP contribution in [0.3, 0.4) is 0 Å². The van der Waals surface area contributed by atoms with Gasteiger partial charge < -0.3 is 25.6 Å². The normalized spacial score (nSPS) is 14.7. The molecule has 0 spiro atoms. The predicted octanol–water partition coefficient (Wildman–Crippen LogP) is 5.56. The average molecular weight is 521 g/mol. The van der Waals surface area contributed by atoms with Gasteiger partial charge in [0.1, 0.15) is 5.60 Å². The zero-order valence-corrected chi connectivity index (χ0v) is 21.5. The molecule has 0 aliphatic carbocycles. The molecule has 3 N–H and O–H groups in total. The molecule has 2 aromatic rings. The second-order valence-electron chi connectivity index (χ2n) is 10.1. The molecule has 1 aliphatic heterocycles. The van der Waals surface area contributed by atoms with Crippen molar-refractivity contribution in [1.29, 1.82) is 0 Å². The van der Waals surface area contributed by atoms with Crippen LogP contribution in [0.25, 0.3) is 0 Å². The summed E-state index contributed by atoms with van der Waals surface area (Å²) in [5.41, 5.74) is 0.836.